The molecule has 25 heavy (non-hydrogen) atoms. The lowest BCUT2D eigenvalue weighted by molar-refractivity contribution is -0.139. The lowest BCUT2D eigenvalue weighted by Gasteiger charge is -2.22. The number of phenolic OH excluding ortho intramolecular Hbond substituents is 1. The smallest absolute Gasteiger partial charge is 0.329 e. The third-order valence-electron chi connectivity index (χ3n) is 3.88. The van der Waals surface area contributed by atoms with Gasteiger partial charge in [-0.05, 0) is 53.4 Å². The molecule has 2 amide bonds. The Morgan fingerprint density at radius 3 is 2.72 bits per heavy atom. The van der Waals surface area contributed by atoms with Gasteiger partial charge in [-0.1, -0.05) is 19.3 Å². The topological polar surface area (TPSA) is 100 Å². The van der Waals surface area contributed by atoms with E-state index in [-0.39, 0.29) is 11.8 Å². The van der Waals surface area contributed by atoms with Crippen molar-refractivity contribution in [2.75, 3.05) is 6.61 Å². The van der Waals surface area contributed by atoms with E-state index in [0.717, 1.165) is 25.7 Å². The highest BCUT2D eigenvalue weighted by molar-refractivity contribution is 9.10. The molecule has 0 radical (unpaired) electrons. The minimum absolute atomic E-state index is 0.00473. The highest BCUT2D eigenvalue weighted by atomic mass is 79.9. The summed E-state index contributed by atoms with van der Waals surface area (Å²) in [7, 11) is 0. The van der Waals surface area contributed by atoms with Gasteiger partial charge in [-0.25, -0.2) is 5.43 Å². The molecule has 1 aromatic carbocycles. The maximum absolute atomic E-state index is 11.8. The molecular weight excluding hydrogens is 390 g/mol. The van der Waals surface area contributed by atoms with Crippen LogP contribution in [0.2, 0.25) is 0 Å². The minimum Gasteiger partial charge on any atom is -0.503 e. The van der Waals surface area contributed by atoms with Gasteiger partial charge in [0.2, 0.25) is 0 Å². The van der Waals surface area contributed by atoms with Crippen LogP contribution in [0, 0.1) is 0 Å². The molecule has 0 saturated heterocycles. The summed E-state index contributed by atoms with van der Waals surface area (Å²) in [5.41, 5.74) is 2.80. The van der Waals surface area contributed by atoms with Crippen LogP contribution in [0.15, 0.2) is 21.7 Å². The molecular formula is C17H22BrN3O4. The Morgan fingerprint density at radius 1 is 1.32 bits per heavy atom. The van der Waals surface area contributed by atoms with E-state index in [2.05, 4.69) is 31.8 Å². The highest BCUT2D eigenvalue weighted by Gasteiger charge is 2.20. The second-order valence-electron chi connectivity index (χ2n) is 5.79. The molecule has 0 aromatic heterocycles. The second-order valence-corrected chi connectivity index (χ2v) is 6.64. The lowest BCUT2D eigenvalue weighted by atomic mass is 9.95. The molecule has 1 fully saturated rings. The minimum atomic E-state index is -0.801. The van der Waals surface area contributed by atoms with Gasteiger partial charge in [0.15, 0.2) is 11.5 Å². The molecule has 8 heteroatoms. The number of carbonyl (C=O) groups excluding carboxylic acids is 2. The molecule has 136 valence electrons. The van der Waals surface area contributed by atoms with Crippen LogP contribution >= 0.6 is 15.9 Å². The van der Waals surface area contributed by atoms with Gasteiger partial charge in [0.25, 0.3) is 0 Å². The average Bonchev–Trinajstić information content (AvgIpc) is 2.60. The van der Waals surface area contributed by atoms with Crippen molar-refractivity contribution in [2.45, 2.75) is 45.1 Å². The maximum Gasteiger partial charge on any atom is 0.329 e. The molecule has 0 unspecified atom stereocenters. The number of benzene rings is 1. The van der Waals surface area contributed by atoms with Crippen molar-refractivity contribution < 1.29 is 19.4 Å². The summed E-state index contributed by atoms with van der Waals surface area (Å²) < 4.78 is 5.76. The highest BCUT2D eigenvalue weighted by Crippen LogP contribution is 2.35. The molecule has 1 saturated carbocycles. The van der Waals surface area contributed by atoms with E-state index in [9.17, 15) is 14.7 Å². The van der Waals surface area contributed by atoms with E-state index in [1.54, 1.807) is 19.1 Å². The average molecular weight is 412 g/mol. The van der Waals surface area contributed by atoms with Crippen LogP contribution < -0.4 is 15.5 Å². The van der Waals surface area contributed by atoms with Crippen LogP contribution in [0.4, 0.5) is 0 Å². The standard InChI is InChI=1S/C17H22BrN3O4/c1-2-25-14-9-11(8-13(18)15(14)22)10-19-21-17(24)16(23)20-12-6-4-3-5-7-12/h8-10,12,22H,2-7H2,1H3,(H,20,23)(H,21,24)/b19-10+. The zero-order chi connectivity index (χ0) is 18.2. The number of hydrogen-bond acceptors (Lipinski definition) is 5. The van der Waals surface area contributed by atoms with E-state index in [1.165, 1.54) is 12.6 Å². The summed E-state index contributed by atoms with van der Waals surface area (Å²) in [6.45, 7) is 2.21. The zero-order valence-electron chi connectivity index (χ0n) is 14.0. The van der Waals surface area contributed by atoms with Crippen LogP contribution in [-0.2, 0) is 9.59 Å². The summed E-state index contributed by atoms with van der Waals surface area (Å²) in [5.74, 6) is -1.18. The fourth-order valence-electron chi connectivity index (χ4n) is 2.65. The molecule has 2 rings (SSSR count). The SMILES string of the molecule is CCOc1cc(/C=N/NC(=O)C(=O)NC2CCCCC2)cc(Br)c1O. The molecule has 3 N–H and O–H groups in total. The van der Waals surface area contributed by atoms with Crippen LogP contribution in [0.1, 0.15) is 44.6 Å². The van der Waals surface area contributed by atoms with Crippen molar-refractivity contribution in [3.63, 3.8) is 0 Å². The molecule has 1 aliphatic rings. The van der Waals surface area contributed by atoms with Crippen LogP contribution in [0.3, 0.4) is 0 Å². The summed E-state index contributed by atoms with van der Waals surface area (Å²) in [6.07, 6.45) is 6.51. The quantitative estimate of drug-likeness (QED) is 0.393. The largest absolute Gasteiger partial charge is 0.503 e. The molecule has 0 bridgehead atoms. The number of nitrogens with one attached hydrogen (secondary N) is 2. The van der Waals surface area contributed by atoms with E-state index in [4.69, 9.17) is 4.74 Å². The van der Waals surface area contributed by atoms with Gasteiger partial charge in [-0.2, -0.15) is 5.10 Å². The van der Waals surface area contributed by atoms with Gasteiger partial charge >= 0.3 is 11.8 Å². The number of ether oxygens (including phenoxy) is 1. The second kappa shape index (κ2) is 9.41. The van der Waals surface area contributed by atoms with Crippen LogP contribution in [-0.4, -0.2) is 35.8 Å². The first-order chi connectivity index (χ1) is 12.0. The van der Waals surface area contributed by atoms with Gasteiger partial charge in [-0.3, -0.25) is 9.59 Å². The van der Waals surface area contributed by atoms with Crippen LogP contribution in [0.5, 0.6) is 11.5 Å². The van der Waals surface area contributed by atoms with E-state index >= 15 is 0 Å². The fourth-order valence-corrected chi connectivity index (χ4v) is 3.11. The van der Waals surface area contributed by atoms with E-state index in [0.29, 0.717) is 22.4 Å². The first-order valence-corrected chi connectivity index (χ1v) is 9.09. The van der Waals surface area contributed by atoms with Crippen molar-refractivity contribution in [3.8, 4) is 11.5 Å². The van der Waals surface area contributed by atoms with Gasteiger partial charge in [0.05, 0.1) is 17.3 Å². The number of aromatic hydroxyl groups is 1. The Kier molecular flexibility index (Phi) is 7.24. The molecule has 0 aliphatic heterocycles. The Balaban J connectivity index is 1.91. The number of nitrogens with zero attached hydrogens (tertiary/aromatic N) is 1. The van der Waals surface area contributed by atoms with Crippen molar-refractivity contribution >= 4 is 34.0 Å². The summed E-state index contributed by atoms with van der Waals surface area (Å²) in [6, 6.07) is 3.27. The molecule has 0 heterocycles. The van der Waals surface area contributed by atoms with Crippen LogP contribution in [0.25, 0.3) is 0 Å². The first kappa shape index (κ1) is 19.2. The Morgan fingerprint density at radius 2 is 2.04 bits per heavy atom. The third-order valence-corrected chi connectivity index (χ3v) is 4.48. The maximum atomic E-state index is 11.8. The van der Waals surface area contributed by atoms with Crippen molar-refractivity contribution in [2.24, 2.45) is 5.10 Å². The Hall–Kier alpha value is -2.09. The van der Waals surface area contributed by atoms with E-state index < -0.39 is 11.8 Å². The lowest BCUT2D eigenvalue weighted by Crippen LogP contribution is -2.44. The Bertz CT molecular complexity index is 658. The predicted molar refractivity (Wildman–Crippen MR) is 97.7 cm³/mol. The predicted octanol–water partition coefficient (Wildman–Crippen LogP) is 2.45. The summed E-state index contributed by atoms with van der Waals surface area (Å²) >= 11 is 3.22. The molecule has 0 atom stereocenters. The number of phenols is 1. The van der Waals surface area contributed by atoms with Crippen molar-refractivity contribution in [3.05, 3.63) is 22.2 Å². The molecule has 1 aliphatic carbocycles. The number of amides is 2. The number of rotatable bonds is 5. The number of carbonyl (C=O) groups is 2. The Labute approximate surface area is 155 Å². The molecule has 0 spiro atoms. The normalized spacial score (nSPS) is 15.1. The third kappa shape index (κ3) is 5.74. The zero-order valence-corrected chi connectivity index (χ0v) is 15.6. The summed E-state index contributed by atoms with van der Waals surface area (Å²) in [4.78, 5) is 23.6. The number of hydrazone groups is 1. The first-order valence-electron chi connectivity index (χ1n) is 8.30. The molecule has 1 aromatic rings. The van der Waals surface area contributed by atoms with Gasteiger partial charge in [-0.15, -0.1) is 0 Å². The number of halogens is 1. The van der Waals surface area contributed by atoms with Gasteiger partial charge in [0, 0.05) is 6.04 Å². The van der Waals surface area contributed by atoms with Crippen molar-refractivity contribution in [1.29, 1.82) is 0 Å². The van der Waals surface area contributed by atoms with Crippen molar-refractivity contribution in [1.82, 2.24) is 10.7 Å². The fraction of sp³-hybridized carbons (Fsp3) is 0.471. The monoisotopic (exact) mass is 411 g/mol. The van der Waals surface area contributed by atoms with Gasteiger partial charge < -0.3 is 15.2 Å². The van der Waals surface area contributed by atoms with Gasteiger partial charge in [0.1, 0.15) is 0 Å². The van der Waals surface area contributed by atoms with E-state index in [1.807, 2.05) is 0 Å². The summed E-state index contributed by atoms with van der Waals surface area (Å²) in [5, 5.41) is 16.4. The number of hydrogen-bond donors (Lipinski definition) is 3. The molecule has 7 nitrogen and oxygen atoms in total.